The van der Waals surface area contributed by atoms with Gasteiger partial charge in [-0.3, -0.25) is 9.59 Å². The fourth-order valence-electron chi connectivity index (χ4n) is 3.69. The van der Waals surface area contributed by atoms with E-state index in [2.05, 4.69) is 10.5 Å². The summed E-state index contributed by atoms with van der Waals surface area (Å²) in [7, 11) is 0. The number of benzene rings is 3. The zero-order valence-electron chi connectivity index (χ0n) is 18.6. The molecule has 2 amide bonds. The van der Waals surface area contributed by atoms with Crippen LogP contribution in [-0.4, -0.2) is 41.5 Å². The van der Waals surface area contributed by atoms with Crippen LogP contribution in [0.4, 0.5) is 0 Å². The van der Waals surface area contributed by atoms with E-state index in [9.17, 15) is 14.4 Å². The smallest absolute Gasteiger partial charge is 0.338 e. The molecule has 7 nitrogen and oxygen atoms in total. The van der Waals surface area contributed by atoms with Gasteiger partial charge in [0.1, 0.15) is 0 Å². The summed E-state index contributed by atoms with van der Waals surface area (Å²) in [6.07, 6.45) is 1.47. The highest BCUT2D eigenvalue weighted by Crippen LogP contribution is 2.15. The van der Waals surface area contributed by atoms with Crippen LogP contribution in [0.1, 0.15) is 39.9 Å². The molecule has 34 heavy (non-hydrogen) atoms. The molecule has 0 radical (unpaired) electrons. The van der Waals surface area contributed by atoms with Gasteiger partial charge in [-0.2, -0.15) is 5.10 Å². The lowest BCUT2D eigenvalue weighted by atomic mass is 10.0. The van der Waals surface area contributed by atoms with Crippen LogP contribution in [0.25, 0.3) is 0 Å². The van der Waals surface area contributed by atoms with Crippen LogP contribution < -0.4 is 5.43 Å². The largest absolute Gasteiger partial charge is 0.452 e. The van der Waals surface area contributed by atoms with Crippen molar-refractivity contribution in [3.63, 3.8) is 0 Å². The van der Waals surface area contributed by atoms with Gasteiger partial charge in [-0.25, -0.2) is 10.2 Å². The maximum absolute atomic E-state index is 12.3. The zero-order chi connectivity index (χ0) is 23.8. The number of esters is 1. The van der Waals surface area contributed by atoms with E-state index < -0.39 is 18.5 Å². The fourth-order valence-corrected chi connectivity index (χ4v) is 3.69. The van der Waals surface area contributed by atoms with Crippen LogP contribution in [-0.2, 0) is 20.9 Å². The molecule has 1 N–H and O–H groups in total. The molecule has 0 bridgehead atoms. The van der Waals surface area contributed by atoms with E-state index >= 15 is 0 Å². The lowest BCUT2D eigenvalue weighted by Gasteiger charge is -2.15. The van der Waals surface area contributed by atoms with Crippen molar-refractivity contribution in [3.8, 4) is 0 Å². The zero-order valence-corrected chi connectivity index (χ0v) is 18.6. The molecule has 0 spiro atoms. The molecule has 0 aromatic heterocycles. The Kier molecular flexibility index (Phi) is 7.45. The molecule has 1 heterocycles. The second kappa shape index (κ2) is 11.0. The molecule has 0 saturated carbocycles. The number of nitrogens with zero attached hydrogens (tertiary/aromatic N) is 2. The molecular weight excluding hydrogens is 430 g/mol. The number of carbonyl (C=O) groups is 3. The molecule has 0 unspecified atom stereocenters. The number of hydrazone groups is 1. The van der Waals surface area contributed by atoms with Crippen molar-refractivity contribution in [2.45, 2.75) is 19.4 Å². The van der Waals surface area contributed by atoms with Crippen molar-refractivity contribution in [1.82, 2.24) is 10.3 Å². The molecule has 1 saturated heterocycles. The van der Waals surface area contributed by atoms with Gasteiger partial charge in [0.2, 0.25) is 5.91 Å². The predicted octanol–water partition coefficient (Wildman–Crippen LogP) is 3.53. The van der Waals surface area contributed by atoms with Crippen molar-refractivity contribution in [3.05, 3.63) is 107 Å². The summed E-state index contributed by atoms with van der Waals surface area (Å²) >= 11 is 0. The Balaban J connectivity index is 1.33. The highest BCUT2D eigenvalue weighted by Gasteiger charge is 2.20. The lowest BCUT2D eigenvalue weighted by molar-refractivity contribution is -0.128. The fraction of sp³-hybridized carbons (Fsp3) is 0.185. The molecular formula is C27H25N3O4. The second-order valence-electron chi connectivity index (χ2n) is 7.92. The lowest BCUT2D eigenvalue weighted by Crippen LogP contribution is -2.26. The van der Waals surface area contributed by atoms with Gasteiger partial charge in [0.25, 0.3) is 5.91 Å². The van der Waals surface area contributed by atoms with Crippen molar-refractivity contribution in [2.75, 3.05) is 13.2 Å². The number of hydrogen-bond donors (Lipinski definition) is 1. The van der Waals surface area contributed by atoms with Crippen LogP contribution in [0.15, 0.2) is 90.0 Å². The first-order valence-electron chi connectivity index (χ1n) is 11.1. The van der Waals surface area contributed by atoms with E-state index in [1.54, 1.807) is 29.2 Å². The number of rotatable bonds is 8. The van der Waals surface area contributed by atoms with E-state index in [-0.39, 0.29) is 5.91 Å². The van der Waals surface area contributed by atoms with Crippen LogP contribution in [0.3, 0.4) is 0 Å². The highest BCUT2D eigenvalue weighted by molar-refractivity contribution is 6.13. The minimum Gasteiger partial charge on any atom is -0.452 e. The first-order chi connectivity index (χ1) is 16.6. The molecule has 3 aromatic rings. The first-order valence-corrected chi connectivity index (χ1v) is 11.1. The van der Waals surface area contributed by atoms with Gasteiger partial charge in [0.15, 0.2) is 6.61 Å². The number of nitrogens with one attached hydrogen (secondary N) is 1. The second-order valence-corrected chi connectivity index (χ2v) is 7.92. The molecule has 1 aliphatic heterocycles. The minimum absolute atomic E-state index is 0.153. The Morgan fingerprint density at radius 2 is 1.47 bits per heavy atom. The topological polar surface area (TPSA) is 88.1 Å². The average Bonchev–Trinajstić information content (AvgIpc) is 3.28. The number of ether oxygens (including phenoxy) is 1. The number of carbonyl (C=O) groups excluding carboxylic acids is 3. The van der Waals surface area contributed by atoms with E-state index in [0.717, 1.165) is 29.7 Å². The van der Waals surface area contributed by atoms with Gasteiger partial charge < -0.3 is 9.64 Å². The van der Waals surface area contributed by atoms with E-state index in [0.29, 0.717) is 24.2 Å². The Labute approximate surface area is 198 Å². The standard InChI is InChI=1S/C27H25N3O4/c31-24(28-29-26(21-8-3-1-4-9-21)22-10-5-2-6-11-22)19-34-27(33)23-15-13-20(14-16-23)18-30-17-7-12-25(30)32/h1-6,8-11,13-16H,7,12,17-19H2,(H,28,31). The summed E-state index contributed by atoms with van der Waals surface area (Å²) < 4.78 is 5.14. The van der Waals surface area contributed by atoms with Crippen LogP contribution >= 0.6 is 0 Å². The number of likely N-dealkylation sites (tertiary alicyclic amines) is 1. The Bertz CT molecular complexity index is 1130. The SMILES string of the molecule is O=C(COC(=O)c1ccc(CN2CCCC2=O)cc1)NN=C(c1ccccc1)c1ccccc1. The Hall–Kier alpha value is -4.26. The van der Waals surface area contributed by atoms with E-state index in [1.807, 2.05) is 60.7 Å². The summed E-state index contributed by atoms with van der Waals surface area (Å²) in [6, 6.07) is 25.9. The van der Waals surface area contributed by atoms with Crippen LogP contribution in [0.5, 0.6) is 0 Å². The highest BCUT2D eigenvalue weighted by atomic mass is 16.5. The average molecular weight is 456 g/mol. The number of amides is 2. The first kappa shape index (κ1) is 22.9. The summed E-state index contributed by atoms with van der Waals surface area (Å²) in [6.45, 7) is 0.833. The third-order valence-corrected chi connectivity index (χ3v) is 5.46. The molecule has 172 valence electrons. The quantitative estimate of drug-likeness (QED) is 0.320. The van der Waals surface area contributed by atoms with Gasteiger partial charge in [-0.15, -0.1) is 0 Å². The van der Waals surface area contributed by atoms with Crippen LogP contribution in [0, 0.1) is 0 Å². The molecule has 1 fully saturated rings. The molecule has 0 atom stereocenters. The summed E-state index contributed by atoms with van der Waals surface area (Å²) in [5.41, 5.74) is 6.05. The van der Waals surface area contributed by atoms with Crippen LogP contribution in [0.2, 0.25) is 0 Å². The van der Waals surface area contributed by atoms with E-state index in [4.69, 9.17) is 4.74 Å². The van der Waals surface area contributed by atoms with Gasteiger partial charge in [-0.05, 0) is 24.1 Å². The molecule has 4 rings (SSSR count). The molecule has 7 heteroatoms. The Morgan fingerprint density at radius 1 is 0.853 bits per heavy atom. The predicted molar refractivity (Wildman–Crippen MR) is 128 cm³/mol. The minimum atomic E-state index is -0.603. The monoisotopic (exact) mass is 455 g/mol. The third-order valence-electron chi connectivity index (χ3n) is 5.46. The maximum Gasteiger partial charge on any atom is 0.338 e. The molecule has 3 aromatic carbocycles. The summed E-state index contributed by atoms with van der Waals surface area (Å²) in [5.74, 6) is -0.990. The van der Waals surface area contributed by atoms with Crippen molar-refractivity contribution < 1.29 is 19.1 Å². The van der Waals surface area contributed by atoms with Gasteiger partial charge >= 0.3 is 5.97 Å². The third kappa shape index (κ3) is 5.95. The Morgan fingerprint density at radius 3 is 2.03 bits per heavy atom. The van der Waals surface area contributed by atoms with Gasteiger partial charge in [0, 0.05) is 30.6 Å². The van der Waals surface area contributed by atoms with Gasteiger partial charge in [0.05, 0.1) is 11.3 Å². The normalized spacial score (nSPS) is 12.8. The number of hydrogen-bond acceptors (Lipinski definition) is 5. The summed E-state index contributed by atoms with van der Waals surface area (Å²) in [5, 5.41) is 4.27. The molecule has 1 aliphatic rings. The van der Waals surface area contributed by atoms with Gasteiger partial charge in [-0.1, -0.05) is 72.8 Å². The molecule has 0 aliphatic carbocycles. The maximum atomic E-state index is 12.3. The van der Waals surface area contributed by atoms with Crippen molar-refractivity contribution in [2.24, 2.45) is 5.10 Å². The van der Waals surface area contributed by atoms with E-state index in [1.165, 1.54) is 0 Å². The summed E-state index contributed by atoms with van der Waals surface area (Å²) in [4.78, 5) is 38.2. The van der Waals surface area contributed by atoms with Crippen molar-refractivity contribution >= 4 is 23.5 Å². The van der Waals surface area contributed by atoms with Crippen molar-refractivity contribution in [1.29, 1.82) is 0 Å².